The molecule has 0 saturated carbocycles. The van der Waals surface area contributed by atoms with Crippen molar-refractivity contribution < 1.29 is 17.6 Å². The highest BCUT2D eigenvalue weighted by Crippen LogP contribution is 2.31. The van der Waals surface area contributed by atoms with Crippen molar-refractivity contribution >= 4 is 38.1 Å². The molecule has 1 aromatic heterocycles. The van der Waals surface area contributed by atoms with Crippen LogP contribution in [0.15, 0.2) is 71.5 Å². The Bertz CT molecular complexity index is 1140. The van der Waals surface area contributed by atoms with Crippen molar-refractivity contribution in [2.45, 2.75) is 11.8 Å². The number of hydrogen-bond donors (Lipinski definition) is 1. The number of aryl methyl sites for hydroxylation is 1. The second-order valence-corrected chi connectivity index (χ2v) is 8.61. The highest BCUT2D eigenvalue weighted by Gasteiger charge is 2.26. The quantitative estimate of drug-likeness (QED) is 0.573. The van der Waals surface area contributed by atoms with E-state index in [9.17, 15) is 17.6 Å². The van der Waals surface area contributed by atoms with Gasteiger partial charge >= 0.3 is 0 Å². The Balaban J connectivity index is 2.07. The second-order valence-electron chi connectivity index (χ2n) is 6.03. The number of carbonyl (C=O) groups is 1. The molecule has 3 aromatic rings. The molecular weight excluding hydrogens is 413 g/mol. The van der Waals surface area contributed by atoms with Gasteiger partial charge in [0.05, 0.1) is 11.4 Å². The number of nitrogens with zero attached hydrogens (tertiary/aromatic N) is 2. The van der Waals surface area contributed by atoms with Gasteiger partial charge in [-0.15, -0.1) is 17.9 Å². The number of anilines is 2. The third kappa shape index (κ3) is 4.58. The van der Waals surface area contributed by atoms with E-state index in [1.54, 1.807) is 29.6 Å². The summed E-state index contributed by atoms with van der Waals surface area (Å²) in [5, 5.41) is 2.23. The number of thiazole rings is 1. The highest BCUT2D eigenvalue weighted by molar-refractivity contribution is 7.89. The molecule has 1 N–H and O–H groups in total. The number of aromatic nitrogens is 1. The van der Waals surface area contributed by atoms with E-state index >= 15 is 0 Å². The summed E-state index contributed by atoms with van der Waals surface area (Å²) >= 11 is 1.28. The van der Waals surface area contributed by atoms with Gasteiger partial charge in [-0.25, -0.2) is 22.5 Å². The van der Waals surface area contributed by atoms with Crippen molar-refractivity contribution in [1.82, 2.24) is 9.71 Å². The fourth-order valence-corrected chi connectivity index (χ4v) is 4.47. The number of sulfonamides is 1. The van der Waals surface area contributed by atoms with Gasteiger partial charge in [0.1, 0.15) is 10.7 Å². The lowest BCUT2D eigenvalue weighted by atomic mass is 10.2. The number of carbonyl (C=O) groups excluding carboxylic acids is 1. The van der Waals surface area contributed by atoms with Crippen LogP contribution in [0.2, 0.25) is 0 Å². The molecule has 1 amide bonds. The molecular formula is C20H18FN3O3S2. The van der Waals surface area contributed by atoms with Crippen LogP contribution in [0.1, 0.15) is 16.1 Å². The van der Waals surface area contributed by atoms with Gasteiger partial charge in [-0.05, 0) is 37.3 Å². The lowest BCUT2D eigenvalue weighted by Crippen LogP contribution is -2.28. The fourth-order valence-electron chi connectivity index (χ4n) is 2.55. The number of halogens is 1. The van der Waals surface area contributed by atoms with E-state index in [0.29, 0.717) is 10.8 Å². The average molecular weight is 432 g/mol. The first-order valence-electron chi connectivity index (χ1n) is 8.55. The minimum Gasteiger partial charge on any atom is -0.268 e. The molecule has 2 aromatic carbocycles. The van der Waals surface area contributed by atoms with E-state index in [-0.39, 0.29) is 12.1 Å². The zero-order chi connectivity index (χ0) is 21.0. The molecule has 29 heavy (non-hydrogen) atoms. The Labute approximate surface area is 172 Å². The third-order valence-electron chi connectivity index (χ3n) is 3.90. The first kappa shape index (κ1) is 20.8. The van der Waals surface area contributed by atoms with Crippen LogP contribution < -0.4 is 9.62 Å². The van der Waals surface area contributed by atoms with Gasteiger partial charge in [-0.3, -0.25) is 9.69 Å². The molecule has 150 valence electrons. The van der Waals surface area contributed by atoms with E-state index in [4.69, 9.17) is 0 Å². The van der Waals surface area contributed by atoms with Crippen LogP contribution in [0.5, 0.6) is 0 Å². The van der Waals surface area contributed by atoms with Crippen molar-refractivity contribution in [3.8, 4) is 0 Å². The number of rotatable bonds is 7. The molecule has 9 heteroatoms. The van der Waals surface area contributed by atoms with Gasteiger partial charge in [-0.1, -0.05) is 24.3 Å². The molecule has 0 unspecified atom stereocenters. The normalized spacial score (nSPS) is 11.2. The summed E-state index contributed by atoms with van der Waals surface area (Å²) in [6.07, 6.45) is 1.34. The first-order chi connectivity index (χ1) is 13.8. The molecule has 0 spiro atoms. The van der Waals surface area contributed by atoms with Gasteiger partial charge in [-0.2, -0.15) is 0 Å². The number of amides is 1. The number of nitrogens with one attached hydrogen (secondary N) is 1. The summed E-state index contributed by atoms with van der Waals surface area (Å²) < 4.78 is 41.2. The Morgan fingerprint density at radius 3 is 2.62 bits per heavy atom. The van der Waals surface area contributed by atoms with E-state index in [0.717, 1.165) is 17.8 Å². The smallest absolute Gasteiger partial charge is 0.264 e. The van der Waals surface area contributed by atoms with E-state index in [2.05, 4.69) is 16.3 Å². The van der Waals surface area contributed by atoms with Crippen LogP contribution in [0, 0.1) is 12.7 Å². The number of benzene rings is 2. The summed E-state index contributed by atoms with van der Waals surface area (Å²) in [5.41, 5.74) is 1.32. The zero-order valence-electron chi connectivity index (χ0n) is 15.5. The Hall–Kier alpha value is -2.88. The van der Waals surface area contributed by atoms with Gasteiger partial charge in [0.25, 0.3) is 5.91 Å². The zero-order valence-corrected chi connectivity index (χ0v) is 17.1. The van der Waals surface area contributed by atoms with Gasteiger partial charge in [0, 0.05) is 17.5 Å². The van der Waals surface area contributed by atoms with Crippen molar-refractivity contribution in [3.05, 3.63) is 83.6 Å². The number of hydrogen-bond acceptors (Lipinski definition) is 5. The van der Waals surface area contributed by atoms with E-state index < -0.39 is 26.6 Å². The molecule has 6 nitrogen and oxygen atoms in total. The molecule has 0 bridgehead atoms. The lowest BCUT2D eigenvalue weighted by molar-refractivity contribution is 0.0999. The number of para-hydroxylation sites is 1. The van der Waals surface area contributed by atoms with E-state index in [1.807, 2.05) is 13.0 Å². The highest BCUT2D eigenvalue weighted by atomic mass is 32.2. The SMILES string of the molecule is C=CCNS(=O)(=O)c1cc(C(=O)N(c2ccccc2)c2nc(C)cs2)ccc1F. The maximum Gasteiger partial charge on any atom is 0.264 e. The molecule has 3 rings (SSSR count). The Kier molecular flexibility index (Phi) is 6.21. The van der Waals surface area contributed by atoms with Crippen LogP contribution in [-0.4, -0.2) is 25.9 Å². The van der Waals surface area contributed by atoms with Gasteiger partial charge in [0.2, 0.25) is 10.0 Å². The lowest BCUT2D eigenvalue weighted by Gasteiger charge is -2.20. The van der Waals surface area contributed by atoms with Crippen molar-refractivity contribution in [1.29, 1.82) is 0 Å². The van der Waals surface area contributed by atoms with Gasteiger partial charge in [0.15, 0.2) is 5.13 Å². The summed E-state index contributed by atoms with van der Waals surface area (Å²) in [6.45, 7) is 5.18. The molecule has 0 fully saturated rings. The average Bonchev–Trinajstić information content (AvgIpc) is 3.13. The van der Waals surface area contributed by atoms with E-state index in [1.165, 1.54) is 28.4 Å². The van der Waals surface area contributed by atoms with Crippen molar-refractivity contribution in [2.24, 2.45) is 0 Å². The molecule has 0 aliphatic carbocycles. The summed E-state index contributed by atoms with van der Waals surface area (Å²) in [5.74, 6) is -1.47. The molecule has 0 radical (unpaired) electrons. The molecule has 0 aliphatic heterocycles. The largest absolute Gasteiger partial charge is 0.268 e. The van der Waals surface area contributed by atoms with Crippen molar-refractivity contribution in [2.75, 3.05) is 11.4 Å². The molecule has 1 heterocycles. The molecule has 0 aliphatic rings. The maximum absolute atomic E-state index is 14.2. The van der Waals surface area contributed by atoms with Crippen LogP contribution in [0.3, 0.4) is 0 Å². The first-order valence-corrected chi connectivity index (χ1v) is 10.9. The summed E-state index contributed by atoms with van der Waals surface area (Å²) in [4.78, 5) is 18.4. The third-order valence-corrected chi connectivity index (χ3v) is 6.28. The van der Waals surface area contributed by atoms with Crippen LogP contribution in [0.25, 0.3) is 0 Å². The predicted octanol–water partition coefficient (Wildman–Crippen LogP) is 4.03. The fraction of sp³-hybridized carbons (Fsp3) is 0.100. The monoisotopic (exact) mass is 431 g/mol. The van der Waals surface area contributed by atoms with Crippen molar-refractivity contribution in [3.63, 3.8) is 0 Å². The predicted molar refractivity (Wildman–Crippen MR) is 112 cm³/mol. The minimum atomic E-state index is -4.14. The maximum atomic E-state index is 14.2. The Morgan fingerprint density at radius 1 is 1.28 bits per heavy atom. The Morgan fingerprint density at radius 2 is 2.00 bits per heavy atom. The van der Waals surface area contributed by atoms with Crippen LogP contribution >= 0.6 is 11.3 Å². The standard InChI is InChI=1S/C20H18FN3O3S2/c1-3-11-22-29(26,27)18-12-15(9-10-17(18)21)19(25)24(16-7-5-4-6-8-16)20-23-14(2)13-28-20/h3-10,12-13,22H,1,11H2,2H3. The summed E-state index contributed by atoms with van der Waals surface area (Å²) in [6, 6.07) is 12.1. The second kappa shape index (κ2) is 8.64. The molecule has 0 atom stereocenters. The van der Waals surface area contributed by atoms with Crippen LogP contribution in [0.4, 0.5) is 15.2 Å². The minimum absolute atomic E-state index is 0.0158. The topological polar surface area (TPSA) is 79.4 Å². The molecule has 0 saturated heterocycles. The van der Waals surface area contributed by atoms with Crippen LogP contribution in [-0.2, 0) is 10.0 Å². The summed E-state index contributed by atoms with van der Waals surface area (Å²) in [7, 11) is -4.14. The van der Waals surface area contributed by atoms with Gasteiger partial charge < -0.3 is 0 Å².